The Morgan fingerprint density at radius 1 is 1.14 bits per heavy atom. The molecule has 0 aliphatic carbocycles. The fourth-order valence-electron chi connectivity index (χ4n) is 2.33. The number of ether oxygens (including phenoxy) is 2. The van der Waals surface area contributed by atoms with Crippen LogP contribution in [-0.4, -0.2) is 49.6 Å². The van der Waals surface area contributed by atoms with Crippen LogP contribution in [0.4, 0.5) is 0 Å². The number of hydrogen-bond donors (Lipinski definition) is 1. The first-order valence-electron chi connectivity index (χ1n) is 8.65. The number of likely N-dealkylation sites (N-methyl/N-ethyl adjacent to an activating group) is 1. The highest BCUT2D eigenvalue weighted by atomic mass is 35.5. The van der Waals surface area contributed by atoms with Crippen molar-refractivity contribution in [2.75, 3.05) is 20.8 Å². The zero-order valence-electron chi connectivity index (χ0n) is 17.1. The van der Waals surface area contributed by atoms with Crippen LogP contribution in [0.5, 0.6) is 0 Å². The molecule has 0 aromatic heterocycles. The third-order valence-electron chi connectivity index (χ3n) is 4.39. The van der Waals surface area contributed by atoms with Gasteiger partial charge >= 0.3 is 5.97 Å². The highest BCUT2D eigenvalue weighted by Crippen LogP contribution is 2.10. The summed E-state index contributed by atoms with van der Waals surface area (Å²) in [6.07, 6.45) is 1.05. The molecule has 1 aromatic carbocycles. The highest BCUT2D eigenvalue weighted by Gasteiger charge is 2.28. The smallest absolute Gasteiger partial charge is 0.330 e. The van der Waals surface area contributed by atoms with Crippen molar-refractivity contribution in [2.24, 2.45) is 5.92 Å². The Morgan fingerprint density at radius 3 is 2.21 bits per heavy atom. The van der Waals surface area contributed by atoms with E-state index in [1.165, 1.54) is 12.0 Å². The van der Waals surface area contributed by atoms with Crippen molar-refractivity contribution >= 4 is 38.9 Å². The normalized spacial score (nSPS) is 11.9. The number of quaternary nitrogens is 1. The van der Waals surface area contributed by atoms with Crippen molar-refractivity contribution in [1.29, 1.82) is 0 Å². The summed E-state index contributed by atoms with van der Waals surface area (Å²) in [5.41, 5.74) is 5.07. The zero-order valence-corrected chi connectivity index (χ0v) is 19.9. The molecule has 1 aromatic rings. The summed E-state index contributed by atoms with van der Waals surface area (Å²) in [4.78, 5) is 25.9. The topological polar surface area (TPSA) is 83.5 Å². The SMILES string of the molecule is COC(=O)[C@H](COCc1ccccc1)N(C)C(=O)CC[C@H]([NH3+])C(C)C.S.S.[Cl-]. The van der Waals surface area contributed by atoms with E-state index in [1.807, 2.05) is 30.3 Å². The summed E-state index contributed by atoms with van der Waals surface area (Å²) in [6.45, 7) is 4.65. The lowest BCUT2D eigenvalue weighted by molar-refractivity contribution is -0.432. The molecule has 0 heterocycles. The number of carbonyl (C=O) groups is 2. The second-order valence-electron chi connectivity index (χ2n) is 6.59. The maximum absolute atomic E-state index is 12.4. The van der Waals surface area contributed by atoms with Crippen molar-refractivity contribution in [3.63, 3.8) is 0 Å². The first kappa shape index (κ1) is 31.8. The number of rotatable bonds is 10. The van der Waals surface area contributed by atoms with Crippen LogP contribution in [0.15, 0.2) is 30.3 Å². The number of benzene rings is 1. The van der Waals surface area contributed by atoms with Crippen molar-refractivity contribution in [3.8, 4) is 0 Å². The second kappa shape index (κ2) is 17.0. The van der Waals surface area contributed by atoms with Gasteiger partial charge < -0.3 is 32.5 Å². The minimum atomic E-state index is -0.747. The largest absolute Gasteiger partial charge is 1.00 e. The summed E-state index contributed by atoms with van der Waals surface area (Å²) in [5.74, 6) is -0.157. The van der Waals surface area contributed by atoms with Crippen molar-refractivity contribution < 1.29 is 37.2 Å². The Balaban J connectivity index is -0.00000208. The number of halogens is 1. The molecule has 6 nitrogen and oxygen atoms in total. The molecule has 0 spiro atoms. The average molecular weight is 455 g/mol. The fourth-order valence-corrected chi connectivity index (χ4v) is 2.33. The lowest BCUT2D eigenvalue weighted by Gasteiger charge is -2.26. The van der Waals surface area contributed by atoms with Crippen LogP contribution < -0.4 is 18.1 Å². The lowest BCUT2D eigenvalue weighted by Crippen LogP contribution is -3.00. The Labute approximate surface area is 188 Å². The van der Waals surface area contributed by atoms with Gasteiger partial charge in [0.1, 0.15) is 0 Å². The van der Waals surface area contributed by atoms with Gasteiger partial charge in [0.05, 0.1) is 26.4 Å². The predicted molar refractivity (Wildman–Crippen MR) is 116 cm³/mol. The van der Waals surface area contributed by atoms with E-state index in [-0.39, 0.29) is 58.0 Å². The van der Waals surface area contributed by atoms with Gasteiger partial charge in [-0.1, -0.05) is 44.2 Å². The Hall–Kier alpha value is -0.930. The maximum Gasteiger partial charge on any atom is 0.330 e. The quantitative estimate of drug-likeness (QED) is 0.435. The maximum atomic E-state index is 12.4. The number of hydrogen-bond acceptors (Lipinski definition) is 4. The molecule has 0 unspecified atom stereocenters. The highest BCUT2D eigenvalue weighted by molar-refractivity contribution is 7.59. The average Bonchev–Trinajstić information content (AvgIpc) is 2.62. The van der Waals surface area contributed by atoms with Crippen molar-refractivity contribution in [2.45, 2.75) is 45.4 Å². The Morgan fingerprint density at radius 2 is 1.71 bits per heavy atom. The van der Waals surface area contributed by atoms with Gasteiger partial charge in [0.25, 0.3) is 0 Å². The second-order valence-corrected chi connectivity index (χ2v) is 6.59. The number of amides is 1. The number of methoxy groups -OCH3 is 1. The molecule has 0 aliphatic rings. The van der Waals surface area contributed by atoms with E-state index >= 15 is 0 Å². The van der Waals surface area contributed by atoms with E-state index in [0.29, 0.717) is 25.4 Å². The van der Waals surface area contributed by atoms with E-state index in [2.05, 4.69) is 19.6 Å². The van der Waals surface area contributed by atoms with E-state index in [0.717, 1.165) is 5.56 Å². The van der Waals surface area contributed by atoms with Gasteiger partial charge in [-0.15, -0.1) is 0 Å². The molecule has 0 bridgehead atoms. The van der Waals surface area contributed by atoms with E-state index in [4.69, 9.17) is 9.47 Å². The Bertz CT molecular complexity index is 550. The van der Waals surface area contributed by atoms with Crippen LogP contribution in [-0.2, 0) is 25.7 Å². The minimum absolute atomic E-state index is 0. The summed E-state index contributed by atoms with van der Waals surface area (Å²) >= 11 is 0. The van der Waals surface area contributed by atoms with Crippen LogP contribution in [0.25, 0.3) is 0 Å². The molecule has 0 saturated carbocycles. The van der Waals surface area contributed by atoms with Gasteiger partial charge in [-0.2, -0.15) is 27.0 Å². The molecule has 2 atom stereocenters. The van der Waals surface area contributed by atoms with Crippen LogP contribution in [0, 0.1) is 5.92 Å². The molecule has 9 heteroatoms. The Kier molecular flexibility index (Phi) is 19.2. The van der Waals surface area contributed by atoms with Gasteiger partial charge in [0.15, 0.2) is 6.04 Å². The van der Waals surface area contributed by atoms with Crippen molar-refractivity contribution in [1.82, 2.24) is 4.90 Å². The summed E-state index contributed by atoms with van der Waals surface area (Å²) in [7, 11) is 2.93. The van der Waals surface area contributed by atoms with Gasteiger partial charge in [-0.25, -0.2) is 4.79 Å². The molecule has 28 heavy (non-hydrogen) atoms. The molecule has 1 rings (SSSR count). The van der Waals surface area contributed by atoms with Gasteiger partial charge in [0, 0.05) is 25.8 Å². The third-order valence-corrected chi connectivity index (χ3v) is 4.39. The van der Waals surface area contributed by atoms with Gasteiger partial charge in [-0.3, -0.25) is 4.79 Å². The number of nitrogens with zero attached hydrogens (tertiary/aromatic N) is 1. The predicted octanol–water partition coefficient (Wildman–Crippen LogP) is -1.52. The van der Waals surface area contributed by atoms with E-state index in [1.54, 1.807) is 7.05 Å². The van der Waals surface area contributed by atoms with Gasteiger partial charge in [-0.05, 0) is 5.56 Å². The minimum Gasteiger partial charge on any atom is -1.00 e. The van der Waals surface area contributed by atoms with E-state index in [9.17, 15) is 9.59 Å². The molecule has 3 N–H and O–H groups in total. The van der Waals surface area contributed by atoms with Gasteiger partial charge in [0.2, 0.25) is 5.91 Å². The number of carbonyl (C=O) groups excluding carboxylic acids is 2. The van der Waals surface area contributed by atoms with Crippen LogP contribution in [0.2, 0.25) is 0 Å². The van der Waals surface area contributed by atoms with Crippen LogP contribution in [0.1, 0.15) is 32.3 Å². The van der Waals surface area contributed by atoms with Crippen LogP contribution >= 0.6 is 27.0 Å². The zero-order chi connectivity index (χ0) is 18.8. The molecule has 1 amide bonds. The first-order valence-corrected chi connectivity index (χ1v) is 8.65. The molecular formula is C19H35ClN2O4S2. The first-order chi connectivity index (χ1) is 11.9. The molecule has 0 fully saturated rings. The molecule has 164 valence electrons. The molecular weight excluding hydrogens is 420 g/mol. The number of esters is 1. The van der Waals surface area contributed by atoms with Crippen molar-refractivity contribution in [3.05, 3.63) is 35.9 Å². The van der Waals surface area contributed by atoms with E-state index < -0.39 is 12.0 Å². The monoisotopic (exact) mass is 454 g/mol. The summed E-state index contributed by atoms with van der Waals surface area (Å²) in [5, 5.41) is 0. The molecule has 0 radical (unpaired) electrons. The van der Waals surface area contributed by atoms with Crippen LogP contribution in [0.3, 0.4) is 0 Å². The lowest BCUT2D eigenvalue weighted by atomic mass is 10.00. The standard InChI is InChI=1S/C19H30N2O4.ClH.2H2S/c1-14(2)16(20)10-11-18(22)21(3)17(19(23)24-4)13-25-12-15-8-6-5-7-9-15;;;/h5-9,14,16-17H,10-13,20H2,1-4H3;1H;2*1H2/t16-,17-;;;/m0.../s1. The molecule has 0 aliphatic heterocycles. The summed E-state index contributed by atoms with van der Waals surface area (Å²) < 4.78 is 10.5. The summed E-state index contributed by atoms with van der Waals surface area (Å²) in [6, 6.07) is 9.14. The fraction of sp³-hybridized carbons (Fsp3) is 0.579. The third kappa shape index (κ3) is 11.2. The molecule has 0 saturated heterocycles.